The molecule has 162 valence electrons. The van der Waals surface area contributed by atoms with Crippen molar-refractivity contribution >= 4 is 11.8 Å². The molecule has 1 heterocycles. The molecule has 0 aliphatic heterocycles. The van der Waals surface area contributed by atoms with E-state index >= 15 is 0 Å². The summed E-state index contributed by atoms with van der Waals surface area (Å²) in [5.41, 5.74) is 5.30. The minimum absolute atomic E-state index is 0.000455. The van der Waals surface area contributed by atoms with Gasteiger partial charge in [0, 0.05) is 36.7 Å². The third-order valence-corrected chi connectivity index (χ3v) is 5.50. The van der Waals surface area contributed by atoms with Gasteiger partial charge in [-0.05, 0) is 48.2 Å². The Balaban J connectivity index is 1.99. The van der Waals surface area contributed by atoms with Crippen molar-refractivity contribution in [2.45, 2.75) is 39.0 Å². The molecule has 0 fully saturated rings. The SMILES string of the molecule is CC(=O)OCC(C#N)c1cccc(C(CC(=O)c2ccnc(C)c2)c2ccccc2C)c1. The van der Waals surface area contributed by atoms with E-state index in [0.717, 1.165) is 27.9 Å². The molecule has 0 saturated carbocycles. The van der Waals surface area contributed by atoms with Crippen LogP contribution in [0.2, 0.25) is 0 Å². The number of rotatable bonds is 8. The summed E-state index contributed by atoms with van der Waals surface area (Å²) in [7, 11) is 0. The maximum Gasteiger partial charge on any atom is 0.302 e. The summed E-state index contributed by atoms with van der Waals surface area (Å²) in [5.74, 6) is -1.14. The third kappa shape index (κ3) is 5.67. The van der Waals surface area contributed by atoms with Gasteiger partial charge in [-0.15, -0.1) is 0 Å². The maximum absolute atomic E-state index is 13.2. The molecule has 3 aromatic rings. The molecule has 5 heteroatoms. The number of nitrogens with zero attached hydrogens (tertiary/aromatic N) is 2. The number of hydrogen-bond acceptors (Lipinski definition) is 5. The number of carbonyl (C=O) groups excluding carboxylic acids is 2. The topological polar surface area (TPSA) is 80.0 Å². The lowest BCUT2D eigenvalue weighted by atomic mass is 9.82. The lowest BCUT2D eigenvalue weighted by molar-refractivity contribution is -0.141. The van der Waals surface area contributed by atoms with Crippen LogP contribution in [0.4, 0.5) is 0 Å². The molecule has 0 bridgehead atoms. The van der Waals surface area contributed by atoms with Gasteiger partial charge in [0.05, 0.1) is 6.07 Å². The summed E-state index contributed by atoms with van der Waals surface area (Å²) < 4.78 is 5.07. The average molecular weight is 427 g/mol. The summed E-state index contributed by atoms with van der Waals surface area (Å²) in [5, 5.41) is 9.60. The van der Waals surface area contributed by atoms with Gasteiger partial charge in [0.25, 0.3) is 0 Å². The smallest absolute Gasteiger partial charge is 0.302 e. The fourth-order valence-corrected chi connectivity index (χ4v) is 3.81. The van der Waals surface area contributed by atoms with Crippen LogP contribution in [0.15, 0.2) is 66.9 Å². The van der Waals surface area contributed by atoms with Crippen molar-refractivity contribution in [3.63, 3.8) is 0 Å². The van der Waals surface area contributed by atoms with Crippen molar-refractivity contribution < 1.29 is 14.3 Å². The van der Waals surface area contributed by atoms with E-state index in [4.69, 9.17) is 4.74 Å². The Morgan fingerprint density at radius 3 is 2.47 bits per heavy atom. The number of benzene rings is 2. The predicted molar refractivity (Wildman–Crippen MR) is 122 cm³/mol. The molecule has 3 rings (SSSR count). The first-order chi connectivity index (χ1) is 15.4. The van der Waals surface area contributed by atoms with Crippen LogP contribution in [0, 0.1) is 25.2 Å². The highest BCUT2D eigenvalue weighted by atomic mass is 16.5. The molecular weight excluding hydrogens is 400 g/mol. The molecular formula is C27H26N2O3. The Morgan fingerprint density at radius 2 is 1.78 bits per heavy atom. The summed E-state index contributed by atoms with van der Waals surface area (Å²) in [6.45, 7) is 5.22. The number of hydrogen-bond donors (Lipinski definition) is 0. The number of aryl methyl sites for hydroxylation is 2. The first-order valence-electron chi connectivity index (χ1n) is 10.5. The van der Waals surface area contributed by atoms with Gasteiger partial charge in [0.2, 0.25) is 0 Å². The van der Waals surface area contributed by atoms with Gasteiger partial charge in [-0.3, -0.25) is 14.6 Å². The molecule has 0 amide bonds. The molecule has 0 aliphatic rings. The van der Waals surface area contributed by atoms with E-state index in [2.05, 4.69) is 11.1 Å². The number of ketones is 1. The van der Waals surface area contributed by atoms with Crippen LogP contribution < -0.4 is 0 Å². The molecule has 1 aromatic heterocycles. The molecule has 0 aliphatic carbocycles. The zero-order chi connectivity index (χ0) is 23.1. The van der Waals surface area contributed by atoms with E-state index in [1.165, 1.54) is 6.92 Å². The third-order valence-electron chi connectivity index (χ3n) is 5.50. The van der Waals surface area contributed by atoms with E-state index < -0.39 is 11.9 Å². The molecule has 2 aromatic carbocycles. The average Bonchev–Trinajstić information content (AvgIpc) is 2.78. The van der Waals surface area contributed by atoms with Crippen molar-refractivity contribution in [2.75, 3.05) is 6.61 Å². The second-order valence-corrected chi connectivity index (χ2v) is 7.88. The van der Waals surface area contributed by atoms with E-state index in [9.17, 15) is 14.9 Å². The van der Waals surface area contributed by atoms with Crippen LogP contribution in [-0.4, -0.2) is 23.3 Å². The summed E-state index contributed by atoms with van der Waals surface area (Å²) in [6, 6.07) is 21.4. The Morgan fingerprint density at radius 1 is 1.03 bits per heavy atom. The number of carbonyl (C=O) groups is 2. The second kappa shape index (κ2) is 10.5. The van der Waals surface area contributed by atoms with Crippen molar-refractivity contribution in [3.8, 4) is 6.07 Å². The van der Waals surface area contributed by atoms with Gasteiger partial charge >= 0.3 is 5.97 Å². The van der Waals surface area contributed by atoms with E-state index in [1.807, 2.05) is 62.4 Å². The lowest BCUT2D eigenvalue weighted by Crippen LogP contribution is -2.13. The summed E-state index contributed by atoms with van der Waals surface area (Å²) in [4.78, 5) is 28.6. The van der Waals surface area contributed by atoms with Crippen LogP contribution >= 0.6 is 0 Å². The Kier molecular flexibility index (Phi) is 7.51. The molecule has 0 spiro atoms. The maximum atomic E-state index is 13.2. The fourth-order valence-electron chi connectivity index (χ4n) is 3.81. The Bertz CT molecular complexity index is 1160. The van der Waals surface area contributed by atoms with Crippen LogP contribution in [0.5, 0.6) is 0 Å². The van der Waals surface area contributed by atoms with Crippen LogP contribution in [0.25, 0.3) is 0 Å². The van der Waals surface area contributed by atoms with E-state index in [-0.39, 0.29) is 18.3 Å². The van der Waals surface area contributed by atoms with Gasteiger partial charge in [-0.25, -0.2) is 0 Å². The van der Waals surface area contributed by atoms with Crippen molar-refractivity contribution in [1.29, 1.82) is 5.26 Å². The molecule has 0 radical (unpaired) electrons. The molecule has 0 N–H and O–H groups in total. The first-order valence-corrected chi connectivity index (χ1v) is 10.5. The largest absolute Gasteiger partial charge is 0.464 e. The number of aromatic nitrogens is 1. The van der Waals surface area contributed by atoms with Gasteiger partial charge in [-0.2, -0.15) is 5.26 Å². The highest BCUT2D eigenvalue weighted by Crippen LogP contribution is 2.33. The molecule has 5 nitrogen and oxygen atoms in total. The highest BCUT2D eigenvalue weighted by Gasteiger charge is 2.22. The quantitative estimate of drug-likeness (QED) is 0.362. The molecule has 2 atom stereocenters. The Labute approximate surface area is 188 Å². The molecule has 32 heavy (non-hydrogen) atoms. The standard InChI is InChI=1S/C27H26N2O3/c1-18-7-4-5-10-25(18)26(15-27(31)23-11-12-29-19(2)13-23)22-9-6-8-21(14-22)24(16-28)17-32-20(3)30/h4-14,24,26H,15,17H2,1-3H3. The van der Waals surface area contributed by atoms with Crippen LogP contribution in [-0.2, 0) is 9.53 Å². The summed E-state index contributed by atoms with van der Waals surface area (Å²) >= 11 is 0. The van der Waals surface area contributed by atoms with Crippen molar-refractivity contribution in [1.82, 2.24) is 4.98 Å². The lowest BCUT2D eigenvalue weighted by Gasteiger charge is -2.21. The zero-order valence-electron chi connectivity index (χ0n) is 18.5. The van der Waals surface area contributed by atoms with Crippen molar-refractivity contribution in [3.05, 3.63) is 100 Å². The number of nitriles is 1. The number of Topliss-reactive ketones (excluding diaryl/α,β-unsaturated/α-hetero) is 1. The minimum Gasteiger partial charge on any atom is -0.464 e. The van der Waals surface area contributed by atoms with E-state index in [0.29, 0.717) is 12.0 Å². The second-order valence-electron chi connectivity index (χ2n) is 7.88. The van der Waals surface area contributed by atoms with Crippen molar-refractivity contribution in [2.24, 2.45) is 0 Å². The fraction of sp³-hybridized carbons (Fsp3) is 0.259. The zero-order valence-corrected chi connectivity index (χ0v) is 18.5. The minimum atomic E-state index is -0.574. The molecule has 2 unspecified atom stereocenters. The summed E-state index contributed by atoms with van der Waals surface area (Å²) in [6.07, 6.45) is 1.94. The highest BCUT2D eigenvalue weighted by molar-refractivity contribution is 5.96. The van der Waals surface area contributed by atoms with E-state index in [1.54, 1.807) is 18.3 Å². The monoisotopic (exact) mass is 426 g/mol. The van der Waals surface area contributed by atoms with Gasteiger partial charge in [-0.1, -0.05) is 48.5 Å². The van der Waals surface area contributed by atoms with Crippen LogP contribution in [0.1, 0.15) is 63.5 Å². The van der Waals surface area contributed by atoms with Gasteiger partial charge < -0.3 is 4.74 Å². The normalized spacial score (nSPS) is 12.4. The number of ether oxygens (including phenoxy) is 1. The molecule has 0 saturated heterocycles. The Hall–Kier alpha value is -3.78. The van der Waals surface area contributed by atoms with Gasteiger partial charge in [0.15, 0.2) is 5.78 Å². The first kappa shape index (κ1) is 22.9. The number of pyridine rings is 1. The van der Waals surface area contributed by atoms with Crippen LogP contribution in [0.3, 0.4) is 0 Å². The van der Waals surface area contributed by atoms with Gasteiger partial charge in [0.1, 0.15) is 12.5 Å². The predicted octanol–water partition coefficient (Wildman–Crippen LogP) is 5.27. The number of esters is 1.